The largest absolute Gasteiger partial charge is 0.319 e. The highest BCUT2D eigenvalue weighted by atomic mass is 14.8. The molecule has 1 atom stereocenters. The number of aryl methyl sites for hydroxylation is 1. The lowest BCUT2D eigenvalue weighted by molar-refractivity contribution is 0.555. The Hall–Kier alpha value is -0.820. The summed E-state index contributed by atoms with van der Waals surface area (Å²) < 4.78 is 0. The minimum absolute atomic E-state index is 0.676. The van der Waals surface area contributed by atoms with Crippen molar-refractivity contribution in [3.05, 3.63) is 35.4 Å². The number of hydrogen-bond acceptors (Lipinski definition) is 1. The van der Waals surface area contributed by atoms with Gasteiger partial charge in [0.1, 0.15) is 0 Å². The van der Waals surface area contributed by atoms with Crippen molar-refractivity contribution in [1.29, 1.82) is 0 Å². The lowest BCUT2D eigenvalue weighted by Gasteiger charge is -2.17. The van der Waals surface area contributed by atoms with Crippen LogP contribution in [0.25, 0.3) is 0 Å². The highest BCUT2D eigenvalue weighted by Gasteiger charge is 2.09. The summed E-state index contributed by atoms with van der Waals surface area (Å²) in [6.07, 6.45) is 3.90. The van der Waals surface area contributed by atoms with Gasteiger partial charge >= 0.3 is 0 Å². The molecule has 0 aliphatic carbocycles. The smallest absolute Gasteiger partial charge is 0.00171 e. The molecule has 1 rings (SSSR count). The van der Waals surface area contributed by atoms with Gasteiger partial charge in [0.25, 0.3) is 0 Å². The molecule has 1 N–H and O–H groups in total. The molecule has 0 fully saturated rings. The second kappa shape index (κ2) is 6.62. The zero-order valence-corrected chi connectivity index (χ0v) is 10.2. The third-order valence-corrected chi connectivity index (χ3v) is 2.87. The Morgan fingerprint density at radius 2 is 2.13 bits per heavy atom. The summed E-state index contributed by atoms with van der Waals surface area (Å²) in [5.41, 5.74) is 2.85. The number of nitrogens with one attached hydrogen (secondary N) is 1. The van der Waals surface area contributed by atoms with E-state index in [9.17, 15) is 0 Å². The third kappa shape index (κ3) is 4.05. The highest BCUT2D eigenvalue weighted by Crippen LogP contribution is 2.22. The van der Waals surface area contributed by atoms with Crippen molar-refractivity contribution in [2.24, 2.45) is 0 Å². The van der Waals surface area contributed by atoms with Crippen LogP contribution in [0.15, 0.2) is 24.3 Å². The normalized spacial score (nSPS) is 12.7. The first-order valence-corrected chi connectivity index (χ1v) is 5.99. The van der Waals surface area contributed by atoms with Gasteiger partial charge in [-0.25, -0.2) is 0 Å². The Kier molecular flexibility index (Phi) is 5.41. The Bertz CT molecular complexity index is 280. The standard InChI is InChI=1S/C14H23N/c1-4-5-8-14(11-15-3)13-9-6-7-12(2)10-13/h6-7,9-10,14-15H,4-5,8,11H2,1-3H3. The Balaban J connectivity index is 2.69. The number of rotatable bonds is 6. The fourth-order valence-corrected chi connectivity index (χ4v) is 2.01. The van der Waals surface area contributed by atoms with Gasteiger partial charge in [-0.3, -0.25) is 0 Å². The van der Waals surface area contributed by atoms with Gasteiger partial charge in [0.15, 0.2) is 0 Å². The third-order valence-electron chi connectivity index (χ3n) is 2.87. The van der Waals surface area contributed by atoms with E-state index in [1.165, 1.54) is 30.4 Å². The van der Waals surface area contributed by atoms with Gasteiger partial charge < -0.3 is 5.32 Å². The van der Waals surface area contributed by atoms with Crippen molar-refractivity contribution >= 4 is 0 Å². The van der Waals surface area contributed by atoms with E-state index in [-0.39, 0.29) is 0 Å². The van der Waals surface area contributed by atoms with Crippen LogP contribution in [0.5, 0.6) is 0 Å². The molecule has 0 radical (unpaired) electrons. The Morgan fingerprint density at radius 3 is 2.73 bits per heavy atom. The minimum atomic E-state index is 0.676. The summed E-state index contributed by atoms with van der Waals surface area (Å²) in [6.45, 7) is 5.51. The van der Waals surface area contributed by atoms with Crippen molar-refractivity contribution in [1.82, 2.24) is 5.32 Å². The summed E-state index contributed by atoms with van der Waals surface area (Å²) in [5.74, 6) is 0.676. The molecule has 0 spiro atoms. The van der Waals surface area contributed by atoms with E-state index in [4.69, 9.17) is 0 Å². The molecule has 0 saturated carbocycles. The maximum absolute atomic E-state index is 3.29. The van der Waals surface area contributed by atoms with E-state index < -0.39 is 0 Å². The van der Waals surface area contributed by atoms with Gasteiger partial charge in [-0.2, -0.15) is 0 Å². The Morgan fingerprint density at radius 1 is 1.33 bits per heavy atom. The van der Waals surface area contributed by atoms with E-state index in [2.05, 4.69) is 43.4 Å². The van der Waals surface area contributed by atoms with Crippen LogP contribution in [0, 0.1) is 6.92 Å². The molecule has 1 unspecified atom stereocenters. The molecule has 84 valence electrons. The molecule has 0 saturated heterocycles. The molecule has 15 heavy (non-hydrogen) atoms. The highest BCUT2D eigenvalue weighted by molar-refractivity contribution is 5.25. The zero-order chi connectivity index (χ0) is 11.1. The molecule has 1 aromatic carbocycles. The van der Waals surface area contributed by atoms with Crippen molar-refractivity contribution in [2.75, 3.05) is 13.6 Å². The van der Waals surface area contributed by atoms with E-state index in [0.717, 1.165) is 6.54 Å². The van der Waals surface area contributed by atoms with Crippen LogP contribution in [-0.4, -0.2) is 13.6 Å². The molecule has 0 bridgehead atoms. The molecule has 0 heterocycles. The number of unbranched alkanes of at least 4 members (excludes halogenated alkanes) is 1. The van der Waals surface area contributed by atoms with Crippen LogP contribution < -0.4 is 5.32 Å². The van der Waals surface area contributed by atoms with E-state index in [0.29, 0.717) is 5.92 Å². The topological polar surface area (TPSA) is 12.0 Å². The first-order chi connectivity index (χ1) is 7.27. The molecular weight excluding hydrogens is 182 g/mol. The quantitative estimate of drug-likeness (QED) is 0.749. The summed E-state index contributed by atoms with van der Waals surface area (Å²) in [4.78, 5) is 0. The summed E-state index contributed by atoms with van der Waals surface area (Å²) in [5, 5.41) is 3.29. The van der Waals surface area contributed by atoms with Crippen LogP contribution in [0.4, 0.5) is 0 Å². The minimum Gasteiger partial charge on any atom is -0.319 e. The SMILES string of the molecule is CCCCC(CNC)c1cccc(C)c1. The number of benzene rings is 1. The van der Waals surface area contributed by atoms with Crippen LogP contribution in [-0.2, 0) is 0 Å². The molecular formula is C14H23N. The number of hydrogen-bond donors (Lipinski definition) is 1. The summed E-state index contributed by atoms with van der Waals surface area (Å²) in [6, 6.07) is 8.90. The molecule has 0 aromatic heterocycles. The predicted octanol–water partition coefficient (Wildman–Crippen LogP) is 3.49. The lowest BCUT2D eigenvalue weighted by Crippen LogP contribution is -2.17. The predicted molar refractivity (Wildman–Crippen MR) is 67.4 cm³/mol. The van der Waals surface area contributed by atoms with Gasteiger partial charge in [0, 0.05) is 6.54 Å². The van der Waals surface area contributed by atoms with Crippen LogP contribution in [0.3, 0.4) is 0 Å². The molecule has 0 aliphatic rings. The van der Waals surface area contributed by atoms with Gasteiger partial charge in [-0.1, -0.05) is 49.6 Å². The summed E-state index contributed by atoms with van der Waals surface area (Å²) >= 11 is 0. The van der Waals surface area contributed by atoms with E-state index >= 15 is 0 Å². The van der Waals surface area contributed by atoms with Gasteiger partial charge in [-0.05, 0) is 31.9 Å². The molecule has 1 aromatic rings. The fraction of sp³-hybridized carbons (Fsp3) is 0.571. The monoisotopic (exact) mass is 205 g/mol. The fourth-order valence-electron chi connectivity index (χ4n) is 2.01. The maximum atomic E-state index is 3.29. The van der Waals surface area contributed by atoms with E-state index in [1.54, 1.807) is 0 Å². The maximum Gasteiger partial charge on any atom is 0.00171 e. The van der Waals surface area contributed by atoms with E-state index in [1.807, 2.05) is 7.05 Å². The van der Waals surface area contributed by atoms with Crippen molar-refractivity contribution in [3.63, 3.8) is 0 Å². The second-order valence-corrected chi connectivity index (χ2v) is 4.31. The molecule has 0 amide bonds. The van der Waals surface area contributed by atoms with Crippen molar-refractivity contribution in [3.8, 4) is 0 Å². The Labute approximate surface area is 93.9 Å². The average molecular weight is 205 g/mol. The van der Waals surface area contributed by atoms with Gasteiger partial charge in [-0.15, -0.1) is 0 Å². The van der Waals surface area contributed by atoms with Gasteiger partial charge in [0.2, 0.25) is 0 Å². The zero-order valence-electron chi connectivity index (χ0n) is 10.2. The van der Waals surface area contributed by atoms with Gasteiger partial charge in [0.05, 0.1) is 0 Å². The molecule has 0 aliphatic heterocycles. The lowest BCUT2D eigenvalue weighted by atomic mass is 9.92. The van der Waals surface area contributed by atoms with Crippen molar-refractivity contribution in [2.45, 2.75) is 39.0 Å². The van der Waals surface area contributed by atoms with Crippen LogP contribution >= 0.6 is 0 Å². The number of likely N-dealkylation sites (N-methyl/N-ethyl adjacent to an activating group) is 1. The second-order valence-electron chi connectivity index (χ2n) is 4.31. The van der Waals surface area contributed by atoms with Crippen LogP contribution in [0.1, 0.15) is 43.2 Å². The first-order valence-electron chi connectivity index (χ1n) is 5.99. The van der Waals surface area contributed by atoms with Crippen molar-refractivity contribution < 1.29 is 0 Å². The molecule has 1 nitrogen and oxygen atoms in total. The van der Waals surface area contributed by atoms with Crippen LogP contribution in [0.2, 0.25) is 0 Å². The first kappa shape index (κ1) is 12.3. The molecule has 1 heteroatoms. The summed E-state index contributed by atoms with van der Waals surface area (Å²) in [7, 11) is 2.04. The average Bonchev–Trinajstić information content (AvgIpc) is 2.24.